The maximum atomic E-state index is 12.7. The van der Waals surface area contributed by atoms with E-state index in [1.54, 1.807) is 19.1 Å². The predicted octanol–water partition coefficient (Wildman–Crippen LogP) is 2.18. The Kier molecular flexibility index (Phi) is 2.91. The van der Waals surface area contributed by atoms with E-state index in [2.05, 4.69) is 0 Å². The molecule has 0 aliphatic rings. The van der Waals surface area contributed by atoms with Crippen molar-refractivity contribution in [1.29, 1.82) is 0 Å². The number of thioether (sulfide) groups is 1. The van der Waals surface area contributed by atoms with Crippen molar-refractivity contribution in [2.45, 2.75) is 11.8 Å². The molecular formula is C8H9FOS. The van der Waals surface area contributed by atoms with Crippen LogP contribution in [0, 0.1) is 12.7 Å². The SMILES string of the molecule is Cc1cc(SCO)ccc1F. The van der Waals surface area contributed by atoms with Crippen molar-refractivity contribution >= 4 is 11.8 Å². The van der Waals surface area contributed by atoms with Crippen LogP contribution < -0.4 is 0 Å². The average molecular weight is 172 g/mol. The van der Waals surface area contributed by atoms with Gasteiger partial charge in [-0.1, -0.05) is 11.8 Å². The maximum Gasteiger partial charge on any atom is 0.126 e. The van der Waals surface area contributed by atoms with E-state index in [1.807, 2.05) is 0 Å². The third-order valence-corrected chi connectivity index (χ3v) is 2.08. The molecule has 0 amide bonds. The van der Waals surface area contributed by atoms with Gasteiger partial charge in [0.15, 0.2) is 0 Å². The summed E-state index contributed by atoms with van der Waals surface area (Å²) in [4.78, 5) is 0.895. The number of benzene rings is 1. The molecule has 0 saturated carbocycles. The van der Waals surface area contributed by atoms with Crippen LogP contribution in [-0.4, -0.2) is 11.0 Å². The smallest absolute Gasteiger partial charge is 0.126 e. The first-order chi connectivity index (χ1) is 5.24. The van der Waals surface area contributed by atoms with Crippen molar-refractivity contribution in [3.05, 3.63) is 29.6 Å². The van der Waals surface area contributed by atoms with Crippen molar-refractivity contribution < 1.29 is 9.50 Å². The molecule has 0 aliphatic heterocycles. The zero-order chi connectivity index (χ0) is 8.27. The highest BCUT2D eigenvalue weighted by molar-refractivity contribution is 7.99. The lowest BCUT2D eigenvalue weighted by atomic mass is 10.2. The minimum absolute atomic E-state index is 0.0328. The summed E-state index contributed by atoms with van der Waals surface area (Å²) in [6.07, 6.45) is 0. The Morgan fingerprint density at radius 1 is 1.55 bits per heavy atom. The number of halogens is 1. The summed E-state index contributed by atoms with van der Waals surface area (Å²) in [5, 5.41) is 8.55. The molecule has 0 heterocycles. The van der Waals surface area contributed by atoms with Crippen LogP contribution in [0.1, 0.15) is 5.56 Å². The standard InChI is InChI=1S/C8H9FOS/c1-6-4-7(11-5-10)2-3-8(6)9/h2-4,10H,5H2,1H3. The lowest BCUT2D eigenvalue weighted by molar-refractivity contribution is 0.375. The topological polar surface area (TPSA) is 20.2 Å². The fourth-order valence-corrected chi connectivity index (χ4v) is 1.35. The van der Waals surface area contributed by atoms with Crippen molar-refractivity contribution in [1.82, 2.24) is 0 Å². The lowest BCUT2D eigenvalue weighted by Crippen LogP contribution is -1.82. The Hall–Kier alpha value is -0.540. The molecule has 0 spiro atoms. The molecule has 60 valence electrons. The van der Waals surface area contributed by atoms with E-state index < -0.39 is 0 Å². The Morgan fingerprint density at radius 3 is 2.82 bits per heavy atom. The predicted molar refractivity (Wildman–Crippen MR) is 44.1 cm³/mol. The second kappa shape index (κ2) is 3.74. The zero-order valence-electron chi connectivity index (χ0n) is 6.17. The van der Waals surface area contributed by atoms with Gasteiger partial charge in [-0.2, -0.15) is 0 Å². The molecule has 0 unspecified atom stereocenters. The number of rotatable bonds is 2. The Balaban J connectivity index is 2.86. The molecule has 0 aliphatic carbocycles. The van der Waals surface area contributed by atoms with Crippen LogP contribution in [0.25, 0.3) is 0 Å². The molecule has 3 heteroatoms. The van der Waals surface area contributed by atoms with E-state index in [0.29, 0.717) is 5.56 Å². The molecule has 1 aromatic rings. The van der Waals surface area contributed by atoms with E-state index >= 15 is 0 Å². The molecule has 1 rings (SSSR count). The molecule has 1 N–H and O–H groups in total. The van der Waals surface area contributed by atoms with Gasteiger partial charge in [0.25, 0.3) is 0 Å². The molecular weight excluding hydrogens is 163 g/mol. The van der Waals surface area contributed by atoms with Gasteiger partial charge in [0.05, 0.1) is 5.94 Å². The van der Waals surface area contributed by atoms with Gasteiger partial charge >= 0.3 is 0 Å². The van der Waals surface area contributed by atoms with Crippen molar-refractivity contribution in [3.8, 4) is 0 Å². The molecule has 0 bridgehead atoms. The number of hydrogen-bond donors (Lipinski definition) is 1. The minimum Gasteiger partial charge on any atom is -0.385 e. The van der Waals surface area contributed by atoms with Gasteiger partial charge in [0.2, 0.25) is 0 Å². The van der Waals surface area contributed by atoms with Gasteiger partial charge in [-0.15, -0.1) is 0 Å². The molecule has 11 heavy (non-hydrogen) atoms. The van der Waals surface area contributed by atoms with E-state index in [4.69, 9.17) is 5.11 Å². The summed E-state index contributed by atoms with van der Waals surface area (Å²) in [5.41, 5.74) is 0.614. The van der Waals surface area contributed by atoms with Crippen molar-refractivity contribution in [2.75, 3.05) is 5.94 Å². The van der Waals surface area contributed by atoms with Gasteiger partial charge in [0.1, 0.15) is 5.82 Å². The fraction of sp³-hybridized carbons (Fsp3) is 0.250. The van der Waals surface area contributed by atoms with Gasteiger partial charge in [0, 0.05) is 4.90 Å². The van der Waals surface area contributed by atoms with Crippen LogP contribution in [0.3, 0.4) is 0 Å². The van der Waals surface area contributed by atoms with Gasteiger partial charge < -0.3 is 5.11 Å². The lowest BCUT2D eigenvalue weighted by Gasteiger charge is -1.99. The molecule has 0 fully saturated rings. The first-order valence-corrected chi connectivity index (χ1v) is 4.22. The van der Waals surface area contributed by atoms with Gasteiger partial charge in [-0.25, -0.2) is 4.39 Å². The molecule has 1 aromatic carbocycles. The van der Waals surface area contributed by atoms with Crippen molar-refractivity contribution in [3.63, 3.8) is 0 Å². The van der Waals surface area contributed by atoms with Gasteiger partial charge in [-0.05, 0) is 30.7 Å². The Morgan fingerprint density at radius 2 is 2.27 bits per heavy atom. The second-order valence-electron chi connectivity index (χ2n) is 2.18. The summed E-state index contributed by atoms with van der Waals surface area (Å²) in [6, 6.07) is 4.78. The minimum atomic E-state index is -0.202. The summed E-state index contributed by atoms with van der Waals surface area (Å²) in [7, 11) is 0. The largest absolute Gasteiger partial charge is 0.385 e. The Labute approximate surface area is 69.2 Å². The molecule has 0 radical (unpaired) electrons. The van der Waals surface area contributed by atoms with Gasteiger partial charge in [-0.3, -0.25) is 0 Å². The molecule has 1 nitrogen and oxygen atoms in total. The maximum absolute atomic E-state index is 12.7. The average Bonchev–Trinajstić information content (AvgIpc) is 1.98. The molecule has 0 saturated heterocycles. The highest BCUT2D eigenvalue weighted by atomic mass is 32.2. The monoisotopic (exact) mass is 172 g/mol. The van der Waals surface area contributed by atoms with E-state index in [1.165, 1.54) is 17.8 Å². The number of hydrogen-bond acceptors (Lipinski definition) is 2. The first-order valence-electron chi connectivity index (χ1n) is 3.24. The fourth-order valence-electron chi connectivity index (χ4n) is 0.782. The summed E-state index contributed by atoms with van der Waals surface area (Å²) < 4.78 is 12.7. The normalized spacial score (nSPS) is 10.1. The number of aliphatic hydroxyl groups is 1. The Bertz CT molecular complexity index is 250. The van der Waals surface area contributed by atoms with Crippen LogP contribution in [0.15, 0.2) is 23.1 Å². The number of aryl methyl sites for hydroxylation is 1. The van der Waals surface area contributed by atoms with Crippen LogP contribution >= 0.6 is 11.8 Å². The summed E-state index contributed by atoms with van der Waals surface area (Å²) in [6.45, 7) is 1.71. The summed E-state index contributed by atoms with van der Waals surface area (Å²) >= 11 is 1.29. The van der Waals surface area contributed by atoms with E-state index in [-0.39, 0.29) is 11.8 Å². The van der Waals surface area contributed by atoms with Crippen molar-refractivity contribution in [2.24, 2.45) is 0 Å². The van der Waals surface area contributed by atoms with Crippen LogP contribution in [-0.2, 0) is 0 Å². The van der Waals surface area contributed by atoms with Crippen LogP contribution in [0.2, 0.25) is 0 Å². The van der Waals surface area contributed by atoms with E-state index in [9.17, 15) is 4.39 Å². The third kappa shape index (κ3) is 2.20. The first kappa shape index (κ1) is 8.56. The molecule has 0 aromatic heterocycles. The zero-order valence-corrected chi connectivity index (χ0v) is 6.99. The van der Waals surface area contributed by atoms with Crippen LogP contribution in [0.4, 0.5) is 4.39 Å². The molecule has 0 atom stereocenters. The van der Waals surface area contributed by atoms with E-state index in [0.717, 1.165) is 4.90 Å². The highest BCUT2D eigenvalue weighted by Gasteiger charge is 1.97. The second-order valence-corrected chi connectivity index (χ2v) is 3.20. The third-order valence-electron chi connectivity index (χ3n) is 1.36. The quantitative estimate of drug-likeness (QED) is 0.545. The van der Waals surface area contributed by atoms with Crippen LogP contribution in [0.5, 0.6) is 0 Å². The number of aliphatic hydroxyl groups excluding tert-OH is 1. The highest BCUT2D eigenvalue weighted by Crippen LogP contribution is 2.19. The summed E-state index contributed by atoms with van der Waals surface area (Å²) in [5.74, 6) is -0.169.